The fraction of sp³-hybridized carbons (Fsp3) is 0.375. The van der Waals surface area contributed by atoms with Gasteiger partial charge in [0, 0.05) is 14.1 Å². The number of anilines is 2. The first kappa shape index (κ1) is 11.4. The summed E-state index contributed by atoms with van der Waals surface area (Å²) in [6.45, 7) is 0. The Bertz CT molecular complexity index is 436. The number of nitrogens with two attached hydrogens (primary N) is 1. The molecule has 3 N–H and O–H groups in total. The van der Waals surface area contributed by atoms with Gasteiger partial charge in [-0.05, 0) is 6.07 Å². The van der Waals surface area contributed by atoms with Gasteiger partial charge in [-0.2, -0.15) is 13.2 Å². The summed E-state index contributed by atoms with van der Waals surface area (Å²) in [7, 11) is 2.42. The smallest absolute Gasteiger partial charge is 0.393 e. The summed E-state index contributed by atoms with van der Waals surface area (Å²) in [6, 6.07) is 0.802. The third-order valence-corrected chi connectivity index (χ3v) is 2.03. The lowest BCUT2D eigenvalue weighted by molar-refractivity contribution is -0.143. The van der Waals surface area contributed by atoms with Crippen LogP contribution in [0, 0.1) is 0 Å². The maximum absolute atomic E-state index is 12.4. The quantitative estimate of drug-likeness (QED) is 0.744. The van der Waals surface area contributed by atoms with Crippen molar-refractivity contribution in [2.45, 2.75) is 6.18 Å². The highest BCUT2D eigenvalue weighted by Gasteiger charge is 2.34. The maximum Gasteiger partial charge on any atom is 0.431 e. The average Bonchev–Trinajstić information content (AvgIpc) is 2.13. The molecule has 7 heteroatoms. The fourth-order valence-corrected chi connectivity index (χ4v) is 1.20. The molecule has 0 saturated carbocycles. The number of aromatic nitrogens is 1. The molecule has 0 aromatic carbocycles. The van der Waals surface area contributed by atoms with Gasteiger partial charge in [0.05, 0.1) is 5.69 Å². The molecule has 0 amide bonds. The second kappa shape index (κ2) is 3.48. The van der Waals surface area contributed by atoms with Crippen molar-refractivity contribution in [3.05, 3.63) is 22.1 Å². The summed E-state index contributed by atoms with van der Waals surface area (Å²) in [5.41, 5.74) is 3.19. The summed E-state index contributed by atoms with van der Waals surface area (Å²) in [5, 5.41) is 2.44. The van der Waals surface area contributed by atoms with Crippen LogP contribution in [0.25, 0.3) is 0 Å². The third kappa shape index (κ3) is 1.90. The summed E-state index contributed by atoms with van der Waals surface area (Å²) >= 11 is 0. The Balaban J connectivity index is 3.57. The molecule has 0 aliphatic carbocycles. The van der Waals surface area contributed by atoms with Crippen LogP contribution in [0.1, 0.15) is 5.69 Å². The van der Waals surface area contributed by atoms with E-state index in [0.29, 0.717) is 4.57 Å². The van der Waals surface area contributed by atoms with E-state index in [9.17, 15) is 18.0 Å². The lowest BCUT2D eigenvalue weighted by Crippen LogP contribution is -2.28. The largest absolute Gasteiger partial charge is 0.431 e. The summed E-state index contributed by atoms with van der Waals surface area (Å²) < 4.78 is 37.8. The maximum atomic E-state index is 12.4. The molecule has 0 bridgehead atoms. The molecule has 1 rings (SSSR count). The van der Waals surface area contributed by atoms with Crippen LogP contribution in [0.3, 0.4) is 0 Å². The second-order valence-corrected chi connectivity index (χ2v) is 2.97. The molecule has 1 aromatic rings. The van der Waals surface area contributed by atoms with Crippen LogP contribution in [0.2, 0.25) is 0 Å². The number of alkyl halides is 3. The standard InChI is InChI=1S/C8H10F3N3O/c1-13-4-3-5(8(9,10)11)14(2)7(15)6(4)12/h3,13H,12H2,1-2H3. The number of pyridine rings is 1. The van der Waals surface area contributed by atoms with E-state index in [1.54, 1.807) is 0 Å². The van der Waals surface area contributed by atoms with Crippen molar-refractivity contribution < 1.29 is 13.2 Å². The molecular weight excluding hydrogens is 211 g/mol. The first-order valence-electron chi connectivity index (χ1n) is 4.03. The van der Waals surface area contributed by atoms with E-state index in [0.717, 1.165) is 13.1 Å². The average molecular weight is 221 g/mol. The monoisotopic (exact) mass is 221 g/mol. The molecule has 0 atom stereocenters. The molecule has 0 saturated heterocycles. The van der Waals surface area contributed by atoms with Gasteiger partial charge in [0.15, 0.2) is 0 Å². The fourth-order valence-electron chi connectivity index (χ4n) is 1.20. The number of hydrogen-bond donors (Lipinski definition) is 2. The van der Waals surface area contributed by atoms with Gasteiger partial charge in [0.25, 0.3) is 5.56 Å². The van der Waals surface area contributed by atoms with E-state index in [1.165, 1.54) is 7.05 Å². The van der Waals surface area contributed by atoms with Crippen molar-refractivity contribution >= 4 is 11.4 Å². The number of rotatable bonds is 1. The Hall–Kier alpha value is -1.66. The van der Waals surface area contributed by atoms with E-state index in [-0.39, 0.29) is 11.4 Å². The molecule has 0 aliphatic rings. The van der Waals surface area contributed by atoms with Crippen LogP contribution in [-0.2, 0) is 13.2 Å². The zero-order chi connectivity index (χ0) is 11.8. The van der Waals surface area contributed by atoms with Gasteiger partial charge in [0.2, 0.25) is 0 Å². The van der Waals surface area contributed by atoms with Gasteiger partial charge in [-0.1, -0.05) is 0 Å². The van der Waals surface area contributed by atoms with Crippen molar-refractivity contribution in [1.29, 1.82) is 0 Å². The molecule has 0 aliphatic heterocycles. The molecule has 1 aromatic heterocycles. The zero-order valence-electron chi connectivity index (χ0n) is 8.14. The van der Waals surface area contributed by atoms with Gasteiger partial charge in [0.1, 0.15) is 11.4 Å². The third-order valence-electron chi connectivity index (χ3n) is 2.03. The Labute approximate surface area is 83.5 Å². The predicted octanol–water partition coefficient (Wildman–Crippen LogP) is 1.03. The van der Waals surface area contributed by atoms with Gasteiger partial charge in [-0.15, -0.1) is 0 Å². The van der Waals surface area contributed by atoms with E-state index < -0.39 is 17.4 Å². The molecule has 0 unspecified atom stereocenters. The van der Waals surface area contributed by atoms with Gasteiger partial charge < -0.3 is 15.6 Å². The lowest BCUT2D eigenvalue weighted by Gasteiger charge is -2.14. The van der Waals surface area contributed by atoms with Crippen molar-refractivity contribution in [2.24, 2.45) is 7.05 Å². The molecular formula is C8H10F3N3O. The number of halogens is 3. The molecule has 0 spiro atoms. The Morgan fingerprint density at radius 1 is 1.47 bits per heavy atom. The SMILES string of the molecule is CNc1cc(C(F)(F)F)n(C)c(=O)c1N. The lowest BCUT2D eigenvalue weighted by atomic mass is 10.2. The van der Waals surface area contributed by atoms with Crippen LogP contribution in [0.5, 0.6) is 0 Å². The second-order valence-electron chi connectivity index (χ2n) is 2.97. The Morgan fingerprint density at radius 2 is 2.00 bits per heavy atom. The number of hydrogen-bond acceptors (Lipinski definition) is 3. The molecule has 0 radical (unpaired) electrons. The van der Waals surface area contributed by atoms with Crippen molar-refractivity contribution in [2.75, 3.05) is 18.1 Å². The minimum atomic E-state index is -4.58. The highest BCUT2D eigenvalue weighted by atomic mass is 19.4. The van der Waals surface area contributed by atoms with Crippen molar-refractivity contribution in [3.8, 4) is 0 Å². The van der Waals surface area contributed by atoms with Crippen molar-refractivity contribution in [3.63, 3.8) is 0 Å². The van der Waals surface area contributed by atoms with Gasteiger partial charge in [-0.25, -0.2) is 0 Å². The first-order valence-corrected chi connectivity index (χ1v) is 4.03. The summed E-state index contributed by atoms with van der Waals surface area (Å²) in [5.74, 6) is 0. The van der Waals surface area contributed by atoms with E-state index >= 15 is 0 Å². The summed E-state index contributed by atoms with van der Waals surface area (Å²) in [6.07, 6.45) is -4.58. The van der Waals surface area contributed by atoms with Crippen molar-refractivity contribution in [1.82, 2.24) is 4.57 Å². The van der Waals surface area contributed by atoms with E-state index in [1.807, 2.05) is 0 Å². The predicted molar refractivity (Wildman–Crippen MR) is 50.6 cm³/mol. The first-order chi connectivity index (χ1) is 6.79. The highest BCUT2D eigenvalue weighted by Crippen LogP contribution is 2.30. The number of nitrogen functional groups attached to an aromatic ring is 1. The normalized spacial score (nSPS) is 11.5. The van der Waals surface area contributed by atoms with Crippen LogP contribution in [0.15, 0.2) is 10.9 Å². The van der Waals surface area contributed by atoms with Crippen LogP contribution < -0.4 is 16.6 Å². The van der Waals surface area contributed by atoms with Gasteiger partial charge in [-0.3, -0.25) is 4.79 Å². The van der Waals surface area contributed by atoms with Crippen LogP contribution in [-0.4, -0.2) is 11.6 Å². The van der Waals surface area contributed by atoms with Crippen LogP contribution >= 0.6 is 0 Å². The molecule has 15 heavy (non-hydrogen) atoms. The number of nitrogens with zero attached hydrogens (tertiary/aromatic N) is 1. The zero-order valence-corrected chi connectivity index (χ0v) is 8.14. The summed E-state index contributed by atoms with van der Waals surface area (Å²) in [4.78, 5) is 11.3. The molecule has 0 fully saturated rings. The minimum Gasteiger partial charge on any atom is -0.393 e. The minimum absolute atomic E-state index is 0.0228. The molecule has 4 nitrogen and oxygen atoms in total. The Kier molecular flexibility index (Phi) is 2.65. The highest BCUT2D eigenvalue weighted by molar-refractivity contribution is 5.65. The van der Waals surface area contributed by atoms with E-state index in [4.69, 9.17) is 5.73 Å². The molecule has 84 valence electrons. The number of nitrogens with one attached hydrogen (secondary N) is 1. The molecule has 1 heterocycles. The van der Waals surface area contributed by atoms with Gasteiger partial charge >= 0.3 is 6.18 Å². The Morgan fingerprint density at radius 3 is 2.40 bits per heavy atom. The van der Waals surface area contributed by atoms with E-state index in [2.05, 4.69) is 5.32 Å². The topological polar surface area (TPSA) is 60.0 Å². The van der Waals surface area contributed by atoms with Crippen LogP contribution in [0.4, 0.5) is 24.5 Å².